The van der Waals surface area contributed by atoms with E-state index in [1.807, 2.05) is 29.9 Å². The van der Waals surface area contributed by atoms with Crippen LogP contribution in [0.15, 0.2) is 42.9 Å². The molecule has 2 aromatic heterocycles. The number of hydrogen-bond acceptors (Lipinski definition) is 4. The van der Waals surface area contributed by atoms with Gasteiger partial charge >= 0.3 is 6.09 Å². The lowest BCUT2D eigenvalue weighted by molar-refractivity contribution is 0.200. The van der Waals surface area contributed by atoms with Gasteiger partial charge in [-0.1, -0.05) is 32.6 Å². The number of hydrogen-bond donors (Lipinski definition) is 2. The fraction of sp³-hybridized carbons (Fsp3) is 0.440. The second kappa shape index (κ2) is 12.1. The number of halogens is 1. The number of fused-ring (bicyclic) bond motifs is 1. The molecular formula is C25H33FN4O2. The molecule has 6 nitrogen and oxygen atoms in total. The maximum atomic E-state index is 13.7. The van der Waals surface area contributed by atoms with Crippen LogP contribution in [-0.2, 0) is 6.42 Å². The van der Waals surface area contributed by atoms with E-state index in [0.29, 0.717) is 30.8 Å². The molecule has 1 amide bonds. The Morgan fingerprint density at radius 2 is 1.97 bits per heavy atom. The molecule has 0 spiro atoms. The Balaban J connectivity index is 1.49. The zero-order chi connectivity index (χ0) is 22.8. The first-order chi connectivity index (χ1) is 15.6. The van der Waals surface area contributed by atoms with Crippen LogP contribution < -0.4 is 15.5 Å². The third kappa shape index (κ3) is 6.70. The van der Waals surface area contributed by atoms with E-state index in [1.54, 1.807) is 18.3 Å². The topological polar surface area (TPSA) is 68.2 Å². The van der Waals surface area contributed by atoms with Gasteiger partial charge in [-0.3, -0.25) is 9.66 Å². The molecular weight excluding hydrogens is 407 g/mol. The van der Waals surface area contributed by atoms with E-state index in [-0.39, 0.29) is 5.82 Å². The van der Waals surface area contributed by atoms with Crippen LogP contribution in [0.4, 0.5) is 9.18 Å². The summed E-state index contributed by atoms with van der Waals surface area (Å²) in [5.74, 6) is 0.262. The van der Waals surface area contributed by atoms with E-state index >= 15 is 0 Å². The Morgan fingerprint density at radius 1 is 1.12 bits per heavy atom. The van der Waals surface area contributed by atoms with E-state index in [0.717, 1.165) is 35.7 Å². The minimum absolute atomic E-state index is 0.261. The van der Waals surface area contributed by atoms with Crippen molar-refractivity contribution in [1.29, 1.82) is 0 Å². The highest BCUT2D eigenvalue weighted by Crippen LogP contribution is 2.25. The summed E-state index contributed by atoms with van der Waals surface area (Å²) in [6, 6.07) is 7.34. The van der Waals surface area contributed by atoms with Gasteiger partial charge in [0.15, 0.2) is 0 Å². The number of amides is 1. The molecule has 3 rings (SSSR count). The monoisotopic (exact) mass is 440 g/mol. The number of carbonyl (C=O) groups excluding carboxylic acids is 1. The van der Waals surface area contributed by atoms with Gasteiger partial charge in [-0.05, 0) is 61.6 Å². The molecule has 0 bridgehead atoms. The van der Waals surface area contributed by atoms with E-state index in [9.17, 15) is 9.18 Å². The van der Waals surface area contributed by atoms with E-state index < -0.39 is 6.09 Å². The molecule has 0 unspecified atom stereocenters. The van der Waals surface area contributed by atoms with Crippen LogP contribution in [0.5, 0.6) is 5.75 Å². The molecule has 0 fully saturated rings. The van der Waals surface area contributed by atoms with Gasteiger partial charge in [0.25, 0.3) is 0 Å². The molecule has 1 aromatic carbocycles. The van der Waals surface area contributed by atoms with Gasteiger partial charge in [0.2, 0.25) is 0 Å². The van der Waals surface area contributed by atoms with Crippen LogP contribution in [-0.4, -0.2) is 28.8 Å². The summed E-state index contributed by atoms with van der Waals surface area (Å²) in [4.78, 5) is 15.8. The van der Waals surface area contributed by atoms with E-state index in [4.69, 9.17) is 4.74 Å². The number of aromatic nitrogens is 2. The first-order valence-electron chi connectivity index (χ1n) is 11.5. The fourth-order valence-electron chi connectivity index (χ4n) is 3.72. The molecule has 0 aliphatic rings. The summed E-state index contributed by atoms with van der Waals surface area (Å²) in [6.07, 6.45) is 11.6. The van der Waals surface area contributed by atoms with Crippen molar-refractivity contribution in [1.82, 2.24) is 15.0 Å². The average molecular weight is 441 g/mol. The van der Waals surface area contributed by atoms with Crippen molar-refractivity contribution in [2.75, 3.05) is 18.5 Å². The Morgan fingerprint density at radius 3 is 2.78 bits per heavy atom. The Kier molecular flexibility index (Phi) is 8.90. The van der Waals surface area contributed by atoms with Gasteiger partial charge in [0, 0.05) is 30.9 Å². The van der Waals surface area contributed by atoms with Crippen molar-refractivity contribution in [2.45, 2.75) is 58.8 Å². The third-order valence-electron chi connectivity index (χ3n) is 5.50. The van der Waals surface area contributed by atoms with E-state index in [2.05, 4.69) is 22.7 Å². The summed E-state index contributed by atoms with van der Waals surface area (Å²) < 4.78 is 21.1. The van der Waals surface area contributed by atoms with Gasteiger partial charge in [-0.25, -0.2) is 9.18 Å². The number of aryl methyl sites for hydroxylation is 2. The van der Waals surface area contributed by atoms with Gasteiger partial charge in [-0.15, -0.1) is 0 Å². The van der Waals surface area contributed by atoms with Crippen molar-refractivity contribution >= 4 is 17.0 Å². The Hall–Kier alpha value is -3.09. The number of pyridine rings is 1. The van der Waals surface area contributed by atoms with Gasteiger partial charge < -0.3 is 15.5 Å². The lowest BCUT2D eigenvalue weighted by Gasteiger charge is -2.10. The van der Waals surface area contributed by atoms with Gasteiger partial charge in [0.1, 0.15) is 11.6 Å². The van der Waals surface area contributed by atoms with Crippen molar-refractivity contribution in [3.8, 4) is 5.75 Å². The number of carbonyl (C=O) groups is 1. The van der Waals surface area contributed by atoms with Crippen molar-refractivity contribution in [2.24, 2.45) is 0 Å². The zero-order valence-electron chi connectivity index (χ0n) is 19.0. The number of nitrogens with zero attached hydrogens (tertiary/aromatic N) is 2. The molecule has 0 saturated carbocycles. The molecule has 32 heavy (non-hydrogen) atoms. The maximum Gasteiger partial charge on any atom is 0.412 e. The average Bonchev–Trinajstić information content (AvgIpc) is 3.10. The third-order valence-corrected chi connectivity index (χ3v) is 5.50. The summed E-state index contributed by atoms with van der Waals surface area (Å²) in [6.45, 7) is 5.54. The summed E-state index contributed by atoms with van der Waals surface area (Å²) in [7, 11) is 0. The van der Waals surface area contributed by atoms with Gasteiger partial charge in [-0.2, -0.15) is 0 Å². The highest BCUT2D eigenvalue weighted by molar-refractivity contribution is 5.86. The molecule has 7 heteroatoms. The Labute approximate surface area is 189 Å². The van der Waals surface area contributed by atoms with Crippen LogP contribution in [0.2, 0.25) is 0 Å². The predicted molar refractivity (Wildman–Crippen MR) is 126 cm³/mol. The molecule has 0 saturated heterocycles. The van der Waals surface area contributed by atoms with Crippen LogP contribution in [0.25, 0.3) is 10.9 Å². The lowest BCUT2D eigenvalue weighted by Crippen LogP contribution is -2.27. The smallest absolute Gasteiger partial charge is 0.410 e. The molecule has 0 radical (unpaired) electrons. The lowest BCUT2D eigenvalue weighted by atomic mass is 10.1. The second-order valence-electron chi connectivity index (χ2n) is 8.07. The number of unbranched alkanes of at least 4 members (excludes halogenated alkanes) is 4. The minimum atomic E-state index is -0.418. The normalized spacial score (nSPS) is 11.0. The fourth-order valence-corrected chi connectivity index (χ4v) is 3.72. The first-order valence-corrected chi connectivity index (χ1v) is 11.5. The number of ether oxygens (including phenoxy) is 1. The number of rotatable bonds is 12. The predicted octanol–water partition coefficient (Wildman–Crippen LogP) is 5.72. The SMILES string of the molecule is CCCCCCCNC(=O)Oc1ccc2c(c1)c(C)cn2NCCCc1ccncc1F. The van der Waals surface area contributed by atoms with Crippen molar-refractivity contribution in [3.63, 3.8) is 0 Å². The second-order valence-corrected chi connectivity index (χ2v) is 8.07. The molecule has 3 aromatic rings. The van der Waals surface area contributed by atoms with Crippen LogP contribution in [0, 0.1) is 12.7 Å². The molecule has 2 N–H and O–H groups in total. The molecule has 2 heterocycles. The highest BCUT2D eigenvalue weighted by Gasteiger charge is 2.10. The number of benzene rings is 1. The standard InChI is InChI=1S/C25H33FN4O2/c1-3-4-5-6-7-13-28-25(31)32-21-10-11-24-22(16-21)19(2)18-30(24)29-14-8-9-20-12-15-27-17-23(20)26/h10-12,15-18,29H,3-9,13-14H2,1-2H3,(H,28,31). The van der Waals surface area contributed by atoms with E-state index in [1.165, 1.54) is 25.5 Å². The molecule has 0 aliphatic carbocycles. The summed E-state index contributed by atoms with van der Waals surface area (Å²) in [5, 5.41) is 3.83. The minimum Gasteiger partial charge on any atom is -0.410 e. The first kappa shape index (κ1) is 23.6. The molecule has 0 atom stereocenters. The quantitative estimate of drug-likeness (QED) is 0.354. The van der Waals surface area contributed by atoms with Crippen LogP contribution in [0.3, 0.4) is 0 Å². The summed E-state index contributed by atoms with van der Waals surface area (Å²) in [5.41, 5.74) is 6.12. The zero-order valence-corrected chi connectivity index (χ0v) is 19.0. The Bertz CT molecular complexity index is 1020. The number of nitrogens with one attached hydrogen (secondary N) is 2. The molecule has 172 valence electrons. The van der Waals surface area contributed by atoms with Crippen molar-refractivity contribution in [3.05, 3.63) is 59.8 Å². The highest BCUT2D eigenvalue weighted by atomic mass is 19.1. The summed E-state index contributed by atoms with van der Waals surface area (Å²) >= 11 is 0. The largest absolute Gasteiger partial charge is 0.412 e. The molecule has 0 aliphatic heterocycles. The van der Waals surface area contributed by atoms with Crippen LogP contribution in [0.1, 0.15) is 56.6 Å². The maximum absolute atomic E-state index is 13.7. The van der Waals surface area contributed by atoms with Crippen molar-refractivity contribution < 1.29 is 13.9 Å². The van der Waals surface area contributed by atoms with Crippen LogP contribution >= 0.6 is 0 Å². The van der Waals surface area contributed by atoms with Gasteiger partial charge in [0.05, 0.1) is 11.7 Å².